The van der Waals surface area contributed by atoms with Crippen LogP contribution >= 0.6 is 0 Å². The molecule has 0 aliphatic carbocycles. The summed E-state index contributed by atoms with van der Waals surface area (Å²) in [6.45, 7) is 12.3. The van der Waals surface area contributed by atoms with Crippen LogP contribution in [-0.2, 0) is 9.53 Å². The van der Waals surface area contributed by atoms with Gasteiger partial charge in [-0.3, -0.25) is 9.59 Å². The largest absolute Gasteiger partial charge is 0.494 e. The van der Waals surface area contributed by atoms with Gasteiger partial charge in [0.15, 0.2) is 0 Å². The minimum atomic E-state index is -0.640. The molecule has 8 nitrogen and oxygen atoms in total. The van der Waals surface area contributed by atoms with E-state index in [0.29, 0.717) is 50.7 Å². The van der Waals surface area contributed by atoms with Crippen molar-refractivity contribution in [3.8, 4) is 5.75 Å². The van der Waals surface area contributed by atoms with Gasteiger partial charge >= 0.3 is 6.09 Å². The number of hydrogen-bond acceptors (Lipinski definition) is 5. The first kappa shape index (κ1) is 24.5. The van der Waals surface area contributed by atoms with E-state index in [1.165, 1.54) is 0 Å². The summed E-state index contributed by atoms with van der Waals surface area (Å²) in [6, 6.07) is 6.20. The van der Waals surface area contributed by atoms with E-state index < -0.39 is 6.04 Å². The zero-order valence-electron chi connectivity index (χ0n) is 19.2. The van der Waals surface area contributed by atoms with Crippen LogP contribution in [0.4, 0.5) is 4.79 Å². The molecule has 1 heterocycles. The normalized spacial score (nSPS) is 15.1. The monoisotopic (exact) mass is 433 g/mol. The van der Waals surface area contributed by atoms with Crippen molar-refractivity contribution in [3.05, 3.63) is 29.8 Å². The highest BCUT2D eigenvalue weighted by Crippen LogP contribution is 2.14. The van der Waals surface area contributed by atoms with Crippen molar-refractivity contribution >= 4 is 17.9 Å². The Morgan fingerprint density at radius 3 is 2.06 bits per heavy atom. The Morgan fingerprint density at radius 2 is 1.55 bits per heavy atom. The molecule has 0 saturated carbocycles. The fourth-order valence-corrected chi connectivity index (χ4v) is 3.24. The lowest BCUT2D eigenvalue weighted by atomic mass is 10.0. The van der Waals surface area contributed by atoms with Crippen molar-refractivity contribution in [2.24, 2.45) is 11.8 Å². The number of carbonyl (C=O) groups excluding carboxylic acids is 3. The van der Waals surface area contributed by atoms with Gasteiger partial charge < -0.3 is 24.6 Å². The fourth-order valence-electron chi connectivity index (χ4n) is 3.24. The van der Waals surface area contributed by atoms with Crippen molar-refractivity contribution in [2.45, 2.75) is 40.7 Å². The maximum Gasteiger partial charge on any atom is 0.409 e. The van der Waals surface area contributed by atoms with Gasteiger partial charge in [-0.05, 0) is 43.0 Å². The summed E-state index contributed by atoms with van der Waals surface area (Å²) in [7, 11) is 0. The molecular formula is C23H35N3O5. The molecule has 0 radical (unpaired) electrons. The molecule has 1 aliphatic heterocycles. The third kappa shape index (κ3) is 7.15. The first-order valence-electron chi connectivity index (χ1n) is 11.0. The van der Waals surface area contributed by atoms with Gasteiger partial charge in [-0.15, -0.1) is 0 Å². The van der Waals surface area contributed by atoms with Gasteiger partial charge in [0.2, 0.25) is 5.91 Å². The van der Waals surface area contributed by atoms with Gasteiger partial charge in [-0.25, -0.2) is 4.79 Å². The summed E-state index contributed by atoms with van der Waals surface area (Å²) < 4.78 is 10.7. The molecule has 1 N–H and O–H groups in total. The first-order valence-corrected chi connectivity index (χ1v) is 11.0. The highest BCUT2D eigenvalue weighted by atomic mass is 16.6. The topological polar surface area (TPSA) is 88.2 Å². The third-order valence-electron chi connectivity index (χ3n) is 5.04. The number of benzene rings is 1. The lowest BCUT2D eigenvalue weighted by Crippen LogP contribution is -2.57. The van der Waals surface area contributed by atoms with Crippen LogP contribution in [0.5, 0.6) is 5.75 Å². The van der Waals surface area contributed by atoms with E-state index in [1.54, 1.807) is 34.1 Å². The van der Waals surface area contributed by atoms with E-state index in [4.69, 9.17) is 9.47 Å². The van der Waals surface area contributed by atoms with Crippen molar-refractivity contribution in [1.82, 2.24) is 15.1 Å². The Hall–Kier alpha value is -2.77. The molecule has 1 fully saturated rings. The van der Waals surface area contributed by atoms with E-state index in [1.807, 2.05) is 34.6 Å². The molecular weight excluding hydrogens is 398 g/mol. The highest BCUT2D eigenvalue weighted by Gasteiger charge is 2.32. The van der Waals surface area contributed by atoms with Crippen LogP contribution in [0, 0.1) is 11.8 Å². The summed E-state index contributed by atoms with van der Waals surface area (Å²) in [6.07, 6.45) is -0.343. The highest BCUT2D eigenvalue weighted by molar-refractivity contribution is 5.97. The fraction of sp³-hybridized carbons (Fsp3) is 0.609. The number of piperazine rings is 1. The van der Waals surface area contributed by atoms with Gasteiger partial charge in [0.1, 0.15) is 11.8 Å². The molecule has 3 amide bonds. The number of rotatable bonds is 8. The molecule has 8 heteroatoms. The molecule has 2 rings (SSSR count). The van der Waals surface area contributed by atoms with Gasteiger partial charge in [0.05, 0.1) is 13.2 Å². The average Bonchev–Trinajstić information content (AvgIpc) is 2.75. The standard InChI is InChI=1S/C23H35N3O5/c1-6-30-19-9-7-18(8-10-19)21(27)24-20(17(4)5)22(28)25-11-13-26(14-12-25)23(29)31-15-16(2)3/h7-10,16-17,20H,6,11-15H2,1-5H3,(H,24,27). The van der Waals surface area contributed by atoms with Crippen LogP contribution in [0.1, 0.15) is 45.0 Å². The first-order chi connectivity index (χ1) is 14.7. The predicted octanol–water partition coefficient (Wildman–Crippen LogP) is 2.78. The van der Waals surface area contributed by atoms with Crippen LogP contribution < -0.4 is 10.1 Å². The zero-order chi connectivity index (χ0) is 23.0. The van der Waals surface area contributed by atoms with Crippen molar-refractivity contribution in [3.63, 3.8) is 0 Å². The smallest absolute Gasteiger partial charge is 0.409 e. The number of nitrogens with one attached hydrogen (secondary N) is 1. The van der Waals surface area contributed by atoms with Crippen molar-refractivity contribution in [1.29, 1.82) is 0 Å². The molecule has 1 atom stereocenters. The average molecular weight is 434 g/mol. The van der Waals surface area contributed by atoms with E-state index in [9.17, 15) is 14.4 Å². The third-order valence-corrected chi connectivity index (χ3v) is 5.04. The van der Waals surface area contributed by atoms with Crippen LogP contribution in [0.15, 0.2) is 24.3 Å². The van der Waals surface area contributed by atoms with Crippen molar-refractivity contribution < 1.29 is 23.9 Å². The SMILES string of the molecule is CCOc1ccc(C(=O)NC(C(=O)N2CCN(C(=O)OCC(C)C)CC2)C(C)C)cc1. The minimum absolute atomic E-state index is 0.0758. The Kier molecular flexibility index (Phi) is 9.15. The van der Waals surface area contributed by atoms with Crippen LogP contribution in [-0.4, -0.2) is 73.1 Å². The maximum atomic E-state index is 13.1. The number of carbonyl (C=O) groups is 3. The second-order valence-electron chi connectivity index (χ2n) is 8.44. The van der Waals surface area contributed by atoms with Gasteiger partial charge in [0, 0.05) is 31.7 Å². The molecule has 0 aromatic heterocycles. The molecule has 172 valence electrons. The number of ether oxygens (including phenoxy) is 2. The maximum absolute atomic E-state index is 13.1. The zero-order valence-corrected chi connectivity index (χ0v) is 19.2. The van der Waals surface area contributed by atoms with Crippen LogP contribution in [0.25, 0.3) is 0 Å². The van der Waals surface area contributed by atoms with Gasteiger partial charge in [0.25, 0.3) is 5.91 Å². The van der Waals surface area contributed by atoms with E-state index >= 15 is 0 Å². The van der Waals surface area contributed by atoms with Crippen LogP contribution in [0.2, 0.25) is 0 Å². The van der Waals surface area contributed by atoms with Crippen LogP contribution in [0.3, 0.4) is 0 Å². The summed E-state index contributed by atoms with van der Waals surface area (Å²) in [5, 5.41) is 2.87. The molecule has 1 aromatic rings. The quantitative estimate of drug-likeness (QED) is 0.681. The minimum Gasteiger partial charge on any atom is -0.494 e. The number of amides is 3. The Morgan fingerprint density at radius 1 is 0.968 bits per heavy atom. The van der Waals surface area contributed by atoms with Gasteiger partial charge in [-0.1, -0.05) is 27.7 Å². The molecule has 1 aliphatic rings. The second kappa shape index (κ2) is 11.6. The Labute approximate surface area is 184 Å². The van der Waals surface area contributed by atoms with Gasteiger partial charge in [-0.2, -0.15) is 0 Å². The molecule has 1 unspecified atom stereocenters. The molecule has 1 saturated heterocycles. The van der Waals surface area contributed by atoms with E-state index in [0.717, 1.165) is 0 Å². The second-order valence-corrected chi connectivity index (χ2v) is 8.44. The summed E-state index contributed by atoms with van der Waals surface area (Å²) >= 11 is 0. The molecule has 0 bridgehead atoms. The van der Waals surface area contributed by atoms with E-state index in [-0.39, 0.29) is 29.7 Å². The number of nitrogens with zero attached hydrogens (tertiary/aromatic N) is 2. The predicted molar refractivity (Wildman–Crippen MR) is 118 cm³/mol. The van der Waals surface area contributed by atoms with Crippen molar-refractivity contribution in [2.75, 3.05) is 39.4 Å². The Bertz CT molecular complexity index is 740. The summed E-state index contributed by atoms with van der Waals surface area (Å²) in [5.41, 5.74) is 0.472. The van der Waals surface area contributed by atoms with E-state index in [2.05, 4.69) is 5.32 Å². The Balaban J connectivity index is 1.93. The molecule has 0 spiro atoms. The molecule has 31 heavy (non-hydrogen) atoms. The molecule has 1 aromatic carbocycles. The summed E-state index contributed by atoms with van der Waals surface area (Å²) in [5.74, 6) is 0.460. The summed E-state index contributed by atoms with van der Waals surface area (Å²) in [4.78, 5) is 41.2. The lowest BCUT2D eigenvalue weighted by molar-refractivity contribution is -0.136. The number of hydrogen-bond donors (Lipinski definition) is 1. The lowest BCUT2D eigenvalue weighted by Gasteiger charge is -2.36.